The van der Waals surface area contributed by atoms with Crippen molar-refractivity contribution in [1.29, 1.82) is 0 Å². The standard InChI is InChI=1S/C20H21NO6/c1-21-7-6-19-12-4-5-20(22,18-24-8-9-25-18)17(19)26-16-14(27-23)3-2-11(15(16)19)10-13(12)21/h2-5,8-9,12-13,17-18,22-23H,6-7,10H2,1H3/t12-,13+,17+,19-,20-/m0/s1. The van der Waals surface area contributed by atoms with Gasteiger partial charge in [0, 0.05) is 22.9 Å². The van der Waals surface area contributed by atoms with E-state index in [-0.39, 0.29) is 11.7 Å². The summed E-state index contributed by atoms with van der Waals surface area (Å²) in [6.45, 7) is 0.901. The molecule has 27 heavy (non-hydrogen) atoms. The van der Waals surface area contributed by atoms with E-state index in [9.17, 15) is 10.4 Å². The summed E-state index contributed by atoms with van der Waals surface area (Å²) in [5.74, 6) is 1.00. The predicted molar refractivity (Wildman–Crippen MR) is 93.2 cm³/mol. The zero-order valence-electron chi connectivity index (χ0n) is 14.9. The predicted octanol–water partition coefficient (Wildman–Crippen LogP) is 1.56. The average molecular weight is 371 g/mol. The van der Waals surface area contributed by atoms with Crippen molar-refractivity contribution in [2.45, 2.75) is 42.3 Å². The van der Waals surface area contributed by atoms with Gasteiger partial charge in [-0.3, -0.25) is 0 Å². The molecule has 5 atom stereocenters. The Bertz CT molecular complexity index is 875. The van der Waals surface area contributed by atoms with Gasteiger partial charge in [0.05, 0.1) is 0 Å². The van der Waals surface area contributed by atoms with Crippen molar-refractivity contribution in [3.8, 4) is 11.5 Å². The van der Waals surface area contributed by atoms with Crippen LogP contribution < -0.4 is 9.62 Å². The van der Waals surface area contributed by atoms with E-state index in [1.165, 1.54) is 18.1 Å². The Hall–Kier alpha value is -2.22. The Morgan fingerprint density at radius 2 is 2.07 bits per heavy atom. The van der Waals surface area contributed by atoms with E-state index in [2.05, 4.69) is 22.9 Å². The Morgan fingerprint density at radius 3 is 2.85 bits per heavy atom. The maximum Gasteiger partial charge on any atom is 0.275 e. The maximum absolute atomic E-state index is 11.7. The molecule has 3 aliphatic heterocycles. The molecule has 7 heteroatoms. The summed E-state index contributed by atoms with van der Waals surface area (Å²) in [6, 6.07) is 4.06. The SMILES string of the molecule is CN1CC[C@]23c4c5ccc(OO)c4O[C@H]2[C@](O)(C2OC=CO2)C=C[C@H]3[C@H]1C5. The van der Waals surface area contributed by atoms with Crippen molar-refractivity contribution in [2.75, 3.05) is 13.6 Å². The molecule has 1 spiro atoms. The number of rotatable bonds is 2. The lowest BCUT2D eigenvalue weighted by atomic mass is 9.51. The molecule has 3 heterocycles. The summed E-state index contributed by atoms with van der Waals surface area (Å²) in [6.07, 6.45) is 7.03. The highest BCUT2D eigenvalue weighted by Gasteiger charge is 2.70. The normalized spacial score (nSPS) is 40.9. The molecule has 0 saturated carbocycles. The first-order valence-electron chi connectivity index (χ1n) is 9.32. The third-order valence-electron chi connectivity index (χ3n) is 7.19. The number of ether oxygens (including phenoxy) is 3. The highest BCUT2D eigenvalue weighted by Crippen LogP contribution is 2.64. The lowest BCUT2D eigenvalue weighted by molar-refractivity contribution is -0.206. The number of piperidine rings is 1. The van der Waals surface area contributed by atoms with Crippen LogP contribution in [0, 0.1) is 5.92 Å². The number of aliphatic hydroxyl groups is 1. The summed E-state index contributed by atoms with van der Waals surface area (Å²) in [4.78, 5) is 7.01. The van der Waals surface area contributed by atoms with E-state index in [1.807, 2.05) is 6.07 Å². The number of benzene rings is 1. The van der Waals surface area contributed by atoms with Gasteiger partial charge >= 0.3 is 0 Å². The number of likely N-dealkylation sites (tertiary alicyclic amines) is 1. The summed E-state index contributed by atoms with van der Waals surface area (Å²) >= 11 is 0. The lowest BCUT2D eigenvalue weighted by Crippen LogP contribution is -2.70. The number of nitrogens with zero attached hydrogens (tertiary/aromatic N) is 1. The monoisotopic (exact) mass is 371 g/mol. The summed E-state index contributed by atoms with van der Waals surface area (Å²) in [7, 11) is 2.15. The minimum absolute atomic E-state index is 0.193. The highest BCUT2D eigenvalue weighted by molar-refractivity contribution is 5.62. The summed E-state index contributed by atoms with van der Waals surface area (Å²) in [5, 5.41) is 21.1. The van der Waals surface area contributed by atoms with Crippen LogP contribution in [0.15, 0.2) is 36.8 Å². The van der Waals surface area contributed by atoms with Crippen LogP contribution in [0.25, 0.3) is 0 Å². The molecule has 7 nitrogen and oxygen atoms in total. The van der Waals surface area contributed by atoms with Crippen molar-refractivity contribution in [2.24, 2.45) is 5.92 Å². The molecule has 0 radical (unpaired) electrons. The fourth-order valence-electron chi connectivity index (χ4n) is 6.06. The first-order chi connectivity index (χ1) is 13.1. The second-order valence-electron chi connectivity index (χ2n) is 8.21. The van der Waals surface area contributed by atoms with Crippen LogP contribution in [0.1, 0.15) is 17.5 Å². The van der Waals surface area contributed by atoms with Gasteiger partial charge in [0.15, 0.2) is 11.4 Å². The van der Waals surface area contributed by atoms with E-state index in [0.717, 1.165) is 24.9 Å². The fourth-order valence-corrected chi connectivity index (χ4v) is 6.06. The number of hydrogen-bond donors (Lipinski definition) is 2. The lowest BCUT2D eigenvalue weighted by Gasteiger charge is -2.58. The molecule has 0 unspecified atom stereocenters. The Labute approximate surface area is 156 Å². The van der Waals surface area contributed by atoms with Gasteiger partial charge in [-0.05, 0) is 44.1 Å². The van der Waals surface area contributed by atoms with Crippen LogP contribution >= 0.6 is 0 Å². The smallest absolute Gasteiger partial charge is 0.275 e. The van der Waals surface area contributed by atoms with Crippen LogP contribution in [0.4, 0.5) is 0 Å². The van der Waals surface area contributed by atoms with Gasteiger partial charge in [-0.15, -0.1) is 0 Å². The molecular weight excluding hydrogens is 350 g/mol. The van der Waals surface area contributed by atoms with Crippen molar-refractivity contribution >= 4 is 0 Å². The highest BCUT2D eigenvalue weighted by atomic mass is 17.1. The van der Waals surface area contributed by atoms with Gasteiger partial charge in [0.1, 0.15) is 18.6 Å². The molecule has 1 aromatic rings. The quantitative estimate of drug-likeness (QED) is 0.464. The van der Waals surface area contributed by atoms with Crippen molar-refractivity contribution in [3.63, 3.8) is 0 Å². The molecule has 2 bridgehead atoms. The van der Waals surface area contributed by atoms with Crippen LogP contribution in [-0.4, -0.2) is 52.9 Å². The summed E-state index contributed by atoms with van der Waals surface area (Å²) < 4.78 is 17.4. The van der Waals surface area contributed by atoms with Crippen LogP contribution in [0.2, 0.25) is 0 Å². The molecule has 5 aliphatic rings. The van der Waals surface area contributed by atoms with E-state index in [0.29, 0.717) is 11.8 Å². The average Bonchev–Trinajstić information content (AvgIpc) is 3.32. The molecular formula is C20H21NO6. The molecule has 0 aromatic heterocycles. The largest absolute Gasteiger partial charge is 0.481 e. The first-order valence-corrected chi connectivity index (χ1v) is 9.32. The van der Waals surface area contributed by atoms with Crippen LogP contribution in [0.5, 0.6) is 11.5 Å². The van der Waals surface area contributed by atoms with E-state index in [4.69, 9.17) is 14.2 Å². The van der Waals surface area contributed by atoms with Gasteiger partial charge < -0.3 is 29.1 Å². The minimum atomic E-state index is -1.46. The van der Waals surface area contributed by atoms with Crippen LogP contribution in [0.3, 0.4) is 0 Å². The molecule has 142 valence electrons. The number of hydrogen-bond acceptors (Lipinski definition) is 7. The molecule has 2 aliphatic carbocycles. The third kappa shape index (κ3) is 1.69. The molecule has 1 saturated heterocycles. The maximum atomic E-state index is 11.7. The van der Waals surface area contributed by atoms with Crippen molar-refractivity contribution in [3.05, 3.63) is 47.9 Å². The van der Waals surface area contributed by atoms with Crippen LogP contribution in [-0.2, 0) is 21.3 Å². The second kappa shape index (κ2) is 4.98. The van der Waals surface area contributed by atoms with E-state index < -0.39 is 23.4 Å². The molecule has 1 fully saturated rings. The van der Waals surface area contributed by atoms with Gasteiger partial charge in [-0.2, -0.15) is 0 Å². The van der Waals surface area contributed by atoms with E-state index >= 15 is 0 Å². The molecule has 6 rings (SSSR count). The minimum Gasteiger partial charge on any atom is -0.481 e. The summed E-state index contributed by atoms with van der Waals surface area (Å²) in [5.41, 5.74) is 0.376. The van der Waals surface area contributed by atoms with Gasteiger partial charge in [0.2, 0.25) is 5.75 Å². The van der Waals surface area contributed by atoms with Crippen molar-refractivity contribution in [1.82, 2.24) is 4.90 Å². The van der Waals surface area contributed by atoms with Crippen molar-refractivity contribution < 1.29 is 29.5 Å². The van der Waals surface area contributed by atoms with E-state index in [1.54, 1.807) is 12.1 Å². The molecule has 0 amide bonds. The van der Waals surface area contributed by atoms with Gasteiger partial charge in [0.25, 0.3) is 6.29 Å². The van der Waals surface area contributed by atoms with Gasteiger partial charge in [-0.25, -0.2) is 5.26 Å². The number of likely N-dealkylation sites (N-methyl/N-ethyl adjacent to an activating group) is 1. The Balaban J connectivity index is 1.61. The topological polar surface area (TPSA) is 80.6 Å². The zero-order chi connectivity index (χ0) is 18.4. The molecule has 2 N–H and O–H groups in total. The third-order valence-corrected chi connectivity index (χ3v) is 7.19. The first kappa shape index (κ1) is 15.8. The second-order valence-corrected chi connectivity index (χ2v) is 8.21. The Morgan fingerprint density at radius 1 is 1.26 bits per heavy atom. The molecule has 1 aromatic carbocycles. The zero-order valence-corrected chi connectivity index (χ0v) is 14.9. The fraction of sp³-hybridized carbons (Fsp3) is 0.500. The van der Waals surface area contributed by atoms with Gasteiger partial charge in [-0.1, -0.05) is 12.1 Å². The Kier molecular flexibility index (Phi) is 2.91.